The number of methoxy groups -OCH3 is 1. The second kappa shape index (κ2) is 7.71. The lowest BCUT2D eigenvalue weighted by atomic mass is 10.1. The number of ether oxygens (including phenoxy) is 1. The highest BCUT2D eigenvalue weighted by molar-refractivity contribution is 5.97. The van der Waals surface area contributed by atoms with Crippen molar-refractivity contribution in [2.75, 3.05) is 19.0 Å². The summed E-state index contributed by atoms with van der Waals surface area (Å²) >= 11 is 0. The van der Waals surface area contributed by atoms with Gasteiger partial charge < -0.3 is 15.4 Å². The molecular weight excluding hydrogens is 314 g/mol. The number of halogens is 1. The highest BCUT2D eigenvalue weighted by atomic mass is 35.5. The van der Waals surface area contributed by atoms with E-state index in [9.17, 15) is 19.7 Å². The SMILES string of the molecule is COC(=O)c1cc(NC(=O)C2CCCN2)cc([N+](=O)[O-])c1.Cl. The van der Waals surface area contributed by atoms with Gasteiger partial charge in [-0.25, -0.2) is 4.79 Å². The van der Waals surface area contributed by atoms with Gasteiger partial charge in [0, 0.05) is 17.8 Å². The maximum absolute atomic E-state index is 12.0. The Morgan fingerprint density at radius 3 is 2.68 bits per heavy atom. The zero-order valence-electron chi connectivity index (χ0n) is 11.8. The average Bonchev–Trinajstić information content (AvgIpc) is 3.00. The van der Waals surface area contributed by atoms with Crippen molar-refractivity contribution < 1.29 is 19.2 Å². The first-order chi connectivity index (χ1) is 10.0. The van der Waals surface area contributed by atoms with Crippen molar-refractivity contribution >= 4 is 35.7 Å². The fraction of sp³-hybridized carbons (Fsp3) is 0.385. The monoisotopic (exact) mass is 329 g/mol. The number of benzene rings is 1. The Bertz CT molecular complexity index is 587. The van der Waals surface area contributed by atoms with Crippen molar-refractivity contribution in [3.05, 3.63) is 33.9 Å². The van der Waals surface area contributed by atoms with Crippen molar-refractivity contribution in [3.8, 4) is 0 Å². The summed E-state index contributed by atoms with van der Waals surface area (Å²) in [6, 6.07) is 3.35. The van der Waals surface area contributed by atoms with Gasteiger partial charge in [-0.2, -0.15) is 0 Å². The van der Waals surface area contributed by atoms with Gasteiger partial charge in [0.2, 0.25) is 5.91 Å². The van der Waals surface area contributed by atoms with Crippen LogP contribution in [0.15, 0.2) is 18.2 Å². The zero-order valence-corrected chi connectivity index (χ0v) is 12.6. The molecule has 2 N–H and O–H groups in total. The number of nitrogens with one attached hydrogen (secondary N) is 2. The van der Waals surface area contributed by atoms with Gasteiger partial charge in [0.1, 0.15) is 0 Å². The molecule has 0 aliphatic carbocycles. The van der Waals surface area contributed by atoms with Crippen LogP contribution in [-0.2, 0) is 9.53 Å². The Morgan fingerprint density at radius 1 is 1.41 bits per heavy atom. The van der Waals surface area contributed by atoms with E-state index in [0.717, 1.165) is 19.0 Å². The quantitative estimate of drug-likeness (QED) is 0.492. The number of hydrogen-bond donors (Lipinski definition) is 2. The van der Waals surface area contributed by atoms with E-state index in [1.807, 2.05) is 0 Å². The standard InChI is InChI=1S/C13H15N3O5.ClH/c1-21-13(18)8-5-9(7-10(6-8)16(19)20)15-12(17)11-3-2-4-14-11;/h5-7,11,14H,2-4H2,1H3,(H,15,17);1H. The van der Waals surface area contributed by atoms with E-state index in [0.29, 0.717) is 6.42 Å². The summed E-state index contributed by atoms with van der Waals surface area (Å²) in [4.78, 5) is 33.8. The van der Waals surface area contributed by atoms with Gasteiger partial charge in [-0.05, 0) is 25.5 Å². The van der Waals surface area contributed by atoms with E-state index >= 15 is 0 Å². The topological polar surface area (TPSA) is 111 Å². The van der Waals surface area contributed by atoms with E-state index in [4.69, 9.17) is 0 Å². The number of rotatable bonds is 4. The van der Waals surface area contributed by atoms with Crippen molar-refractivity contribution in [1.29, 1.82) is 0 Å². The molecule has 0 saturated carbocycles. The Kier molecular flexibility index (Phi) is 6.26. The molecule has 120 valence electrons. The van der Waals surface area contributed by atoms with Crippen molar-refractivity contribution in [2.24, 2.45) is 0 Å². The summed E-state index contributed by atoms with van der Waals surface area (Å²) in [7, 11) is 1.18. The van der Waals surface area contributed by atoms with Gasteiger partial charge >= 0.3 is 5.97 Å². The summed E-state index contributed by atoms with van der Waals surface area (Å²) in [5.74, 6) is -0.975. The average molecular weight is 330 g/mol. The first-order valence-corrected chi connectivity index (χ1v) is 6.43. The number of nitrogens with zero attached hydrogens (tertiary/aromatic N) is 1. The number of carbonyl (C=O) groups excluding carboxylic acids is 2. The molecule has 0 aromatic heterocycles. The van der Waals surface area contributed by atoms with Crippen molar-refractivity contribution in [3.63, 3.8) is 0 Å². The molecule has 8 nitrogen and oxygen atoms in total. The Labute approximate surface area is 132 Å². The smallest absolute Gasteiger partial charge is 0.338 e. The van der Waals surface area contributed by atoms with Crippen LogP contribution < -0.4 is 10.6 Å². The number of nitro benzene ring substituents is 1. The number of non-ortho nitro benzene ring substituents is 1. The molecule has 2 rings (SSSR count). The van der Waals surface area contributed by atoms with Gasteiger partial charge in [0.15, 0.2) is 0 Å². The normalized spacial score (nSPS) is 16.5. The maximum Gasteiger partial charge on any atom is 0.338 e. The minimum Gasteiger partial charge on any atom is -0.465 e. The minimum atomic E-state index is -0.701. The molecule has 1 saturated heterocycles. The third-order valence-corrected chi connectivity index (χ3v) is 3.19. The molecule has 0 radical (unpaired) electrons. The second-order valence-corrected chi connectivity index (χ2v) is 4.66. The summed E-state index contributed by atoms with van der Waals surface area (Å²) in [6.07, 6.45) is 1.62. The predicted molar refractivity (Wildman–Crippen MR) is 81.3 cm³/mol. The largest absolute Gasteiger partial charge is 0.465 e. The Hall–Kier alpha value is -2.19. The number of hydrogen-bond acceptors (Lipinski definition) is 6. The molecule has 1 amide bonds. The molecule has 1 aliphatic rings. The van der Waals surface area contributed by atoms with Crippen LogP contribution in [0.4, 0.5) is 11.4 Å². The Balaban J connectivity index is 0.00000242. The number of amides is 1. The first-order valence-electron chi connectivity index (χ1n) is 6.43. The van der Waals surface area contributed by atoms with Crippen LogP contribution in [0.1, 0.15) is 23.2 Å². The summed E-state index contributed by atoms with van der Waals surface area (Å²) < 4.78 is 4.54. The summed E-state index contributed by atoms with van der Waals surface area (Å²) in [5, 5.41) is 16.5. The van der Waals surface area contributed by atoms with Crippen LogP contribution in [-0.4, -0.2) is 36.5 Å². The Morgan fingerprint density at radius 2 is 2.14 bits per heavy atom. The molecule has 1 atom stereocenters. The number of nitro groups is 1. The molecule has 9 heteroatoms. The van der Waals surface area contributed by atoms with Gasteiger partial charge in [-0.1, -0.05) is 0 Å². The summed E-state index contributed by atoms with van der Waals surface area (Å²) in [6.45, 7) is 0.764. The van der Waals surface area contributed by atoms with E-state index < -0.39 is 10.9 Å². The fourth-order valence-electron chi connectivity index (χ4n) is 2.16. The second-order valence-electron chi connectivity index (χ2n) is 4.66. The van der Waals surface area contributed by atoms with Crippen LogP contribution >= 0.6 is 12.4 Å². The minimum absolute atomic E-state index is 0. The number of anilines is 1. The lowest BCUT2D eigenvalue weighted by Gasteiger charge is -2.11. The van der Waals surface area contributed by atoms with E-state index in [1.54, 1.807) is 0 Å². The van der Waals surface area contributed by atoms with Crippen LogP contribution in [0.25, 0.3) is 0 Å². The van der Waals surface area contributed by atoms with Crippen molar-refractivity contribution in [1.82, 2.24) is 5.32 Å². The van der Waals surface area contributed by atoms with E-state index in [2.05, 4.69) is 15.4 Å². The molecule has 0 spiro atoms. The van der Waals surface area contributed by atoms with E-state index in [1.165, 1.54) is 19.2 Å². The fourth-order valence-corrected chi connectivity index (χ4v) is 2.16. The molecule has 1 aromatic carbocycles. The lowest BCUT2D eigenvalue weighted by Crippen LogP contribution is -2.35. The molecule has 1 heterocycles. The lowest BCUT2D eigenvalue weighted by molar-refractivity contribution is -0.384. The van der Waals surface area contributed by atoms with Gasteiger partial charge in [0.25, 0.3) is 5.69 Å². The molecule has 22 heavy (non-hydrogen) atoms. The highest BCUT2D eigenvalue weighted by Crippen LogP contribution is 2.22. The van der Waals surface area contributed by atoms with Crippen LogP contribution in [0.2, 0.25) is 0 Å². The van der Waals surface area contributed by atoms with Gasteiger partial charge in [-0.3, -0.25) is 14.9 Å². The van der Waals surface area contributed by atoms with Crippen LogP contribution in [0, 0.1) is 10.1 Å². The van der Waals surface area contributed by atoms with Crippen LogP contribution in [0.5, 0.6) is 0 Å². The molecular formula is C13H16ClN3O5. The molecule has 1 unspecified atom stereocenters. The maximum atomic E-state index is 12.0. The van der Waals surface area contributed by atoms with Crippen LogP contribution in [0.3, 0.4) is 0 Å². The number of esters is 1. The third kappa shape index (κ3) is 4.15. The zero-order chi connectivity index (χ0) is 15.4. The van der Waals surface area contributed by atoms with Gasteiger partial charge in [-0.15, -0.1) is 12.4 Å². The predicted octanol–water partition coefficient (Wildman–Crippen LogP) is 1.49. The molecule has 1 aliphatic heterocycles. The third-order valence-electron chi connectivity index (χ3n) is 3.19. The van der Waals surface area contributed by atoms with Gasteiger partial charge in [0.05, 0.1) is 23.6 Å². The molecule has 0 bridgehead atoms. The highest BCUT2D eigenvalue weighted by Gasteiger charge is 2.23. The van der Waals surface area contributed by atoms with Crippen molar-refractivity contribution in [2.45, 2.75) is 18.9 Å². The molecule has 1 aromatic rings. The first kappa shape index (κ1) is 17.9. The van der Waals surface area contributed by atoms with E-state index in [-0.39, 0.29) is 41.3 Å². The number of carbonyl (C=O) groups is 2. The summed E-state index contributed by atoms with van der Waals surface area (Å²) in [5.41, 5.74) is -0.0720. The molecule has 1 fully saturated rings.